The first-order valence-electron chi connectivity index (χ1n) is 10.6. The Morgan fingerprint density at radius 2 is 1.32 bits per heavy atom. The molecule has 0 spiro atoms. The van der Waals surface area contributed by atoms with Gasteiger partial charge in [-0.2, -0.15) is 0 Å². The van der Waals surface area contributed by atoms with Gasteiger partial charge in [-0.15, -0.1) is 0 Å². The molecule has 0 aromatic heterocycles. The number of methoxy groups -OCH3 is 2. The number of phenolic OH excluding ortho intramolecular Hbond substituents is 1. The predicted molar refractivity (Wildman–Crippen MR) is 124 cm³/mol. The molecule has 0 aliphatic heterocycles. The molecule has 3 rings (SSSR count). The summed E-state index contributed by atoms with van der Waals surface area (Å²) in [5.41, 5.74) is 3.50. The van der Waals surface area contributed by atoms with Gasteiger partial charge >= 0.3 is 0 Å². The molecule has 164 valence electrons. The molecule has 0 bridgehead atoms. The Balaban J connectivity index is 2.17. The van der Waals surface area contributed by atoms with Gasteiger partial charge in [0.05, 0.1) is 33.0 Å². The molecule has 1 N–H and O–H groups in total. The maximum Gasteiger partial charge on any atom is 0.173 e. The van der Waals surface area contributed by atoms with Crippen molar-refractivity contribution in [2.24, 2.45) is 0 Å². The number of hydrogen-bond acceptors (Lipinski definition) is 5. The molecule has 0 amide bonds. The van der Waals surface area contributed by atoms with Gasteiger partial charge in [-0.05, 0) is 54.3 Å². The van der Waals surface area contributed by atoms with E-state index in [1.807, 2.05) is 42.5 Å². The van der Waals surface area contributed by atoms with Gasteiger partial charge in [0.1, 0.15) is 17.2 Å². The maximum absolute atomic E-state index is 9.71. The van der Waals surface area contributed by atoms with E-state index in [9.17, 15) is 5.11 Å². The van der Waals surface area contributed by atoms with E-state index in [4.69, 9.17) is 18.9 Å². The lowest BCUT2D eigenvalue weighted by Crippen LogP contribution is -2.03. The zero-order valence-corrected chi connectivity index (χ0v) is 18.6. The fraction of sp³-hybridized carbons (Fsp3) is 0.308. The quantitative estimate of drug-likeness (QED) is 0.414. The Hall–Kier alpha value is -3.34. The minimum absolute atomic E-state index is 0.202. The van der Waals surface area contributed by atoms with Crippen LogP contribution in [-0.2, 0) is 0 Å². The molecule has 0 saturated heterocycles. The summed E-state index contributed by atoms with van der Waals surface area (Å²) in [6, 6.07) is 16.9. The lowest BCUT2D eigenvalue weighted by Gasteiger charge is -2.21. The highest BCUT2D eigenvalue weighted by molar-refractivity contribution is 5.88. The van der Waals surface area contributed by atoms with Crippen LogP contribution >= 0.6 is 0 Å². The van der Waals surface area contributed by atoms with Gasteiger partial charge in [-0.25, -0.2) is 0 Å². The average molecular weight is 423 g/mol. The van der Waals surface area contributed by atoms with E-state index in [0.717, 1.165) is 40.8 Å². The van der Waals surface area contributed by atoms with Crippen LogP contribution in [0.25, 0.3) is 22.3 Å². The first-order valence-corrected chi connectivity index (χ1v) is 10.6. The van der Waals surface area contributed by atoms with Crippen molar-refractivity contribution in [1.82, 2.24) is 0 Å². The molecule has 0 heterocycles. The second kappa shape index (κ2) is 10.6. The summed E-state index contributed by atoms with van der Waals surface area (Å²) in [7, 11) is 3.28. The smallest absolute Gasteiger partial charge is 0.173 e. The Morgan fingerprint density at radius 3 is 1.90 bits per heavy atom. The van der Waals surface area contributed by atoms with E-state index in [-0.39, 0.29) is 5.75 Å². The first-order chi connectivity index (χ1) is 15.1. The highest BCUT2D eigenvalue weighted by Gasteiger charge is 2.23. The molecule has 5 heteroatoms. The number of phenols is 1. The Morgan fingerprint density at radius 1 is 0.710 bits per heavy atom. The second-order valence-corrected chi connectivity index (χ2v) is 7.13. The minimum atomic E-state index is 0.202. The van der Waals surface area contributed by atoms with Crippen molar-refractivity contribution < 1.29 is 24.1 Å². The highest BCUT2D eigenvalue weighted by atomic mass is 16.5. The summed E-state index contributed by atoms with van der Waals surface area (Å²) in [4.78, 5) is 0. The molecule has 5 nitrogen and oxygen atoms in total. The van der Waals surface area contributed by atoms with E-state index in [2.05, 4.69) is 13.8 Å². The van der Waals surface area contributed by atoms with Crippen LogP contribution < -0.4 is 18.9 Å². The van der Waals surface area contributed by atoms with Gasteiger partial charge in [0.2, 0.25) is 0 Å². The summed E-state index contributed by atoms with van der Waals surface area (Å²) >= 11 is 0. The van der Waals surface area contributed by atoms with Crippen LogP contribution in [-0.4, -0.2) is 32.5 Å². The Bertz CT molecular complexity index is 978. The van der Waals surface area contributed by atoms with Crippen LogP contribution in [0.1, 0.15) is 26.7 Å². The summed E-state index contributed by atoms with van der Waals surface area (Å²) in [5.74, 6) is 2.96. The van der Waals surface area contributed by atoms with Gasteiger partial charge in [0.15, 0.2) is 11.5 Å². The van der Waals surface area contributed by atoms with Crippen LogP contribution in [0.3, 0.4) is 0 Å². The van der Waals surface area contributed by atoms with Gasteiger partial charge in [-0.3, -0.25) is 0 Å². The number of ether oxygens (including phenoxy) is 4. The van der Waals surface area contributed by atoms with E-state index >= 15 is 0 Å². The first kappa shape index (κ1) is 22.3. The molecule has 3 aromatic rings. The van der Waals surface area contributed by atoms with Crippen molar-refractivity contribution in [1.29, 1.82) is 0 Å². The molecule has 0 aliphatic rings. The van der Waals surface area contributed by atoms with Gasteiger partial charge in [0, 0.05) is 5.56 Å². The van der Waals surface area contributed by atoms with Crippen molar-refractivity contribution in [3.8, 4) is 51.0 Å². The summed E-state index contributed by atoms with van der Waals surface area (Å²) < 4.78 is 23.5. The Labute approximate surface area is 184 Å². The third-order valence-corrected chi connectivity index (χ3v) is 4.87. The molecule has 0 saturated carbocycles. The van der Waals surface area contributed by atoms with E-state index in [1.165, 1.54) is 0 Å². The van der Waals surface area contributed by atoms with Gasteiger partial charge in [0.25, 0.3) is 0 Å². The highest BCUT2D eigenvalue weighted by Crippen LogP contribution is 2.50. The summed E-state index contributed by atoms with van der Waals surface area (Å²) in [5, 5.41) is 9.71. The van der Waals surface area contributed by atoms with Crippen LogP contribution in [0.2, 0.25) is 0 Å². The van der Waals surface area contributed by atoms with Crippen molar-refractivity contribution in [2.45, 2.75) is 26.7 Å². The minimum Gasteiger partial charge on any atom is -0.508 e. The molecule has 0 fully saturated rings. The van der Waals surface area contributed by atoms with Crippen LogP contribution in [0.4, 0.5) is 0 Å². The third kappa shape index (κ3) is 5.05. The molecular formula is C26H30O5. The topological polar surface area (TPSA) is 57.2 Å². The summed E-state index contributed by atoms with van der Waals surface area (Å²) in [6.45, 7) is 5.37. The fourth-order valence-corrected chi connectivity index (χ4v) is 3.39. The molecule has 0 unspecified atom stereocenters. The largest absolute Gasteiger partial charge is 0.508 e. The van der Waals surface area contributed by atoms with Crippen molar-refractivity contribution in [3.05, 3.63) is 54.6 Å². The molecule has 0 radical (unpaired) electrons. The van der Waals surface area contributed by atoms with Crippen LogP contribution in [0.15, 0.2) is 54.6 Å². The number of hydrogen-bond donors (Lipinski definition) is 1. The lowest BCUT2D eigenvalue weighted by molar-refractivity contribution is 0.294. The van der Waals surface area contributed by atoms with Crippen molar-refractivity contribution in [2.75, 3.05) is 27.4 Å². The normalized spacial score (nSPS) is 10.6. The fourth-order valence-electron chi connectivity index (χ4n) is 3.39. The zero-order chi connectivity index (χ0) is 22.2. The molecule has 0 atom stereocenters. The standard InChI is InChI=1S/C26H30O5/c1-5-15-30-21-13-9-18(10-14-21)22-17-23(28-3)24(19-7-11-20(27)12-8-19)26(25(22)29-4)31-16-6-2/h7-14,17,27H,5-6,15-16H2,1-4H3. The van der Waals surface area contributed by atoms with E-state index < -0.39 is 0 Å². The van der Waals surface area contributed by atoms with Crippen LogP contribution in [0.5, 0.6) is 28.7 Å². The van der Waals surface area contributed by atoms with E-state index in [0.29, 0.717) is 30.5 Å². The molecular weight excluding hydrogens is 392 g/mol. The zero-order valence-electron chi connectivity index (χ0n) is 18.6. The molecule has 31 heavy (non-hydrogen) atoms. The molecule has 0 aliphatic carbocycles. The number of benzene rings is 3. The van der Waals surface area contributed by atoms with Crippen LogP contribution in [0, 0.1) is 0 Å². The number of aromatic hydroxyl groups is 1. The van der Waals surface area contributed by atoms with Crippen molar-refractivity contribution in [3.63, 3.8) is 0 Å². The maximum atomic E-state index is 9.71. The lowest BCUT2D eigenvalue weighted by atomic mass is 9.96. The van der Waals surface area contributed by atoms with E-state index in [1.54, 1.807) is 26.4 Å². The van der Waals surface area contributed by atoms with Gasteiger partial charge < -0.3 is 24.1 Å². The summed E-state index contributed by atoms with van der Waals surface area (Å²) in [6.07, 6.45) is 1.82. The average Bonchev–Trinajstić information content (AvgIpc) is 2.81. The second-order valence-electron chi connectivity index (χ2n) is 7.13. The number of rotatable bonds is 10. The SMILES string of the molecule is CCCOc1ccc(-c2cc(OC)c(-c3ccc(O)cc3)c(OCCC)c2OC)cc1. The third-order valence-electron chi connectivity index (χ3n) is 4.87. The Kier molecular flexibility index (Phi) is 7.65. The monoisotopic (exact) mass is 422 g/mol. The predicted octanol–water partition coefficient (Wildman–Crippen LogP) is 6.32. The molecule has 3 aromatic carbocycles. The van der Waals surface area contributed by atoms with Crippen molar-refractivity contribution >= 4 is 0 Å². The van der Waals surface area contributed by atoms with Gasteiger partial charge in [-0.1, -0.05) is 38.1 Å².